The molecule has 0 heterocycles. The van der Waals surface area contributed by atoms with E-state index in [0.29, 0.717) is 0 Å². The van der Waals surface area contributed by atoms with Gasteiger partial charge in [-0.3, -0.25) is 0 Å². The maximum atomic E-state index is 0. The van der Waals surface area contributed by atoms with Gasteiger partial charge in [0, 0.05) is 0 Å². The molecule has 0 radical (unpaired) electrons. The van der Waals surface area contributed by atoms with Crippen molar-refractivity contribution in [2.24, 2.45) is 0 Å². The van der Waals surface area contributed by atoms with E-state index in [4.69, 9.17) is 0 Å². The second-order valence-corrected chi connectivity index (χ2v) is 0. The molecule has 0 fully saturated rings. The summed E-state index contributed by atoms with van der Waals surface area (Å²) in [6, 6.07) is 0. The Labute approximate surface area is 120 Å². The number of hydrogen-bond donors (Lipinski definition) is 0. The molecule has 0 amide bonds. The van der Waals surface area contributed by atoms with E-state index in [0.717, 1.165) is 0 Å². The Hall–Kier alpha value is 3.70. The topological polar surface area (TPSA) is 0 Å². The second-order valence-electron chi connectivity index (χ2n) is 0. The van der Waals surface area contributed by atoms with E-state index in [1.54, 1.807) is 0 Å². The van der Waals surface area contributed by atoms with Crippen molar-refractivity contribution in [1.29, 1.82) is 0 Å². The fourth-order valence-corrected chi connectivity index (χ4v) is 0. The minimum atomic E-state index is 0. The van der Waals surface area contributed by atoms with Crippen LogP contribution in [0.3, 0.4) is 0 Å². The van der Waals surface area contributed by atoms with Gasteiger partial charge in [0.25, 0.3) is 0 Å². The third-order valence-electron chi connectivity index (χ3n) is 0. The molecule has 0 saturated carbocycles. The van der Waals surface area contributed by atoms with Crippen LogP contribution >= 0.6 is 34.0 Å². The molecule has 0 aromatic carbocycles. The zero-order chi connectivity index (χ0) is 0. The first kappa shape index (κ1) is 25.2. The van der Waals surface area contributed by atoms with Crippen molar-refractivity contribution in [1.82, 2.24) is 0 Å². The predicted octanol–water partition coefficient (Wildman–Crippen LogP) is 0.844. The van der Waals surface area contributed by atoms with Crippen LogP contribution in [0.25, 0.3) is 0 Å². The first-order chi connectivity index (χ1) is 0. The van der Waals surface area contributed by atoms with E-state index < -0.39 is 0 Å². The van der Waals surface area contributed by atoms with E-state index in [9.17, 15) is 0 Å². The molecule has 0 aliphatic rings. The van der Waals surface area contributed by atoms with Gasteiger partial charge in [-0.15, -0.1) is 34.0 Å². The van der Waals surface area contributed by atoms with Gasteiger partial charge < -0.3 is 5.71 Å². The molecule has 4 heteroatoms. The van der Waals surface area contributed by atoms with Gasteiger partial charge in [-0.25, -0.2) is 0 Å². The van der Waals surface area contributed by atoms with Crippen molar-refractivity contribution in [2.45, 2.75) is 0 Å². The molecule has 24 valence electrons. The molecular formula is H6Br2CaSr. The van der Waals surface area contributed by atoms with Crippen LogP contribution in [-0.4, -0.2) is 83.2 Å². The molecule has 0 atom stereocenters. The van der Waals surface area contributed by atoms with Gasteiger partial charge >= 0.3 is 83.2 Å². The number of hydrogen-bond acceptors (Lipinski definition) is 0. The molecule has 0 unspecified atom stereocenters. The van der Waals surface area contributed by atoms with E-state index in [2.05, 4.69) is 0 Å². The van der Waals surface area contributed by atoms with Gasteiger partial charge in [-0.1, -0.05) is 0 Å². The Bertz CT molecular complexity index is 14.0. The summed E-state index contributed by atoms with van der Waals surface area (Å²) < 4.78 is 0. The normalized spacial score (nSPS) is 0. The predicted molar refractivity (Wildman–Crippen MR) is 36.6 cm³/mol. The van der Waals surface area contributed by atoms with Crippen LogP contribution in [0.5, 0.6) is 0 Å². The van der Waals surface area contributed by atoms with Crippen molar-refractivity contribution in [3.63, 3.8) is 0 Å². The largest absolute Gasteiger partial charge is 2.00 e. The Morgan fingerprint density at radius 2 is 1.00 bits per heavy atom. The Balaban J connectivity index is 0. The van der Waals surface area contributed by atoms with Gasteiger partial charge in [-0.05, 0) is 0 Å². The second kappa shape index (κ2) is 15.9. The quantitative estimate of drug-likeness (QED) is 0.581. The van der Waals surface area contributed by atoms with Crippen molar-refractivity contribution in [3.8, 4) is 0 Å². The average Bonchev–Trinajstić information content (AvgIpc) is 0. The zero-order valence-electron chi connectivity index (χ0n) is 6.23. The monoisotopic (exact) mass is 292 g/mol. The molecule has 0 bridgehead atoms. The first-order valence-corrected chi connectivity index (χ1v) is 0. The Morgan fingerprint density at radius 3 is 1.00 bits per heavy atom. The van der Waals surface area contributed by atoms with E-state index in [1.165, 1.54) is 0 Å². The fourth-order valence-electron chi connectivity index (χ4n) is 0. The molecule has 0 aliphatic heterocycles. The third-order valence-corrected chi connectivity index (χ3v) is 0. The molecule has 0 saturated heterocycles. The molecule has 0 rings (SSSR count). The Kier molecular flexibility index (Phi) is 100. The van der Waals surface area contributed by atoms with Crippen LogP contribution in [0.1, 0.15) is 5.71 Å². The standard InChI is InChI=1S/2BrH.Ca.Sr.4H/h2*1H;;;;;;/q;;2*+2;4*-1. The van der Waals surface area contributed by atoms with Crippen molar-refractivity contribution >= 4 is 117 Å². The molecular weight excluding hydrogens is 288 g/mol. The fraction of sp³-hybridized carbons (Fsp3) is 0. The smallest absolute Gasteiger partial charge is 1.00 e. The minimum absolute atomic E-state index is 0. The summed E-state index contributed by atoms with van der Waals surface area (Å²) in [6.07, 6.45) is 0. The summed E-state index contributed by atoms with van der Waals surface area (Å²) in [7, 11) is 0. The van der Waals surface area contributed by atoms with Crippen LogP contribution in [0.2, 0.25) is 0 Å². The van der Waals surface area contributed by atoms with E-state index >= 15 is 0 Å². The molecule has 0 spiro atoms. The van der Waals surface area contributed by atoms with Crippen molar-refractivity contribution in [2.75, 3.05) is 0 Å². The first-order valence-electron chi connectivity index (χ1n) is 0. The van der Waals surface area contributed by atoms with Gasteiger partial charge in [0.15, 0.2) is 0 Å². The van der Waals surface area contributed by atoms with Crippen molar-refractivity contribution in [3.05, 3.63) is 0 Å². The minimum Gasteiger partial charge on any atom is -1.00 e. The molecule has 0 N–H and O–H groups in total. The molecule has 0 aliphatic carbocycles. The molecule has 0 nitrogen and oxygen atoms in total. The molecule has 4 heavy (non-hydrogen) atoms. The van der Waals surface area contributed by atoms with Crippen LogP contribution in [0, 0.1) is 0 Å². The van der Waals surface area contributed by atoms with Crippen molar-refractivity contribution < 1.29 is 5.71 Å². The molecule has 0 aromatic heterocycles. The molecule has 0 aromatic rings. The van der Waals surface area contributed by atoms with Crippen LogP contribution in [0.4, 0.5) is 0 Å². The number of halogens is 2. The van der Waals surface area contributed by atoms with Gasteiger partial charge in [0.05, 0.1) is 0 Å². The maximum absolute atomic E-state index is 0. The van der Waals surface area contributed by atoms with Crippen LogP contribution < -0.4 is 0 Å². The van der Waals surface area contributed by atoms with Crippen LogP contribution in [-0.2, 0) is 0 Å². The maximum Gasteiger partial charge on any atom is 2.00 e. The van der Waals surface area contributed by atoms with E-state index in [-0.39, 0.29) is 123 Å². The summed E-state index contributed by atoms with van der Waals surface area (Å²) in [5, 5.41) is 0. The Morgan fingerprint density at radius 1 is 1.00 bits per heavy atom. The zero-order valence-corrected chi connectivity index (χ0v) is 11.3. The average molecular weight is 294 g/mol. The van der Waals surface area contributed by atoms with Gasteiger partial charge in [0.1, 0.15) is 0 Å². The summed E-state index contributed by atoms with van der Waals surface area (Å²) in [5.74, 6) is 0. The van der Waals surface area contributed by atoms with E-state index in [1.807, 2.05) is 0 Å². The van der Waals surface area contributed by atoms with Gasteiger partial charge in [0.2, 0.25) is 0 Å². The summed E-state index contributed by atoms with van der Waals surface area (Å²) >= 11 is 0. The van der Waals surface area contributed by atoms with Gasteiger partial charge in [-0.2, -0.15) is 0 Å². The SMILES string of the molecule is Br.Br.[Ca+2].[H-].[H-].[H-].[H-].[Sr+2]. The van der Waals surface area contributed by atoms with Crippen LogP contribution in [0.15, 0.2) is 0 Å². The third kappa shape index (κ3) is 9.20. The summed E-state index contributed by atoms with van der Waals surface area (Å²) in [4.78, 5) is 0. The number of rotatable bonds is 0. The summed E-state index contributed by atoms with van der Waals surface area (Å²) in [5.41, 5.74) is 0. The summed E-state index contributed by atoms with van der Waals surface area (Å²) in [6.45, 7) is 0.